The number of nitrogens with two attached hydrogens (primary N) is 2. The molecule has 0 saturated heterocycles. The zero-order valence-corrected chi connectivity index (χ0v) is 15.7. The van der Waals surface area contributed by atoms with Crippen LogP contribution in [0.5, 0.6) is 0 Å². The fraction of sp³-hybridized carbons (Fsp3) is 0.100. The Balaban J connectivity index is 2.21. The highest BCUT2D eigenvalue weighted by Gasteiger charge is 2.11. The zero-order valence-electron chi connectivity index (χ0n) is 15.7. The third-order valence-corrected chi connectivity index (χ3v) is 4.24. The van der Waals surface area contributed by atoms with Crippen LogP contribution >= 0.6 is 0 Å². The summed E-state index contributed by atoms with van der Waals surface area (Å²) >= 11 is 0. The molecular formula is C20H22N8. The smallest absolute Gasteiger partial charge is 0.209 e. The van der Waals surface area contributed by atoms with Gasteiger partial charge in [0.05, 0.1) is 12.4 Å². The first-order valence-electron chi connectivity index (χ1n) is 8.61. The van der Waals surface area contributed by atoms with Crippen molar-refractivity contribution in [2.75, 3.05) is 14.1 Å². The molecule has 0 atom stereocenters. The van der Waals surface area contributed by atoms with Crippen LogP contribution < -0.4 is 22.3 Å². The zero-order chi connectivity index (χ0) is 19.9. The lowest BCUT2D eigenvalue weighted by atomic mass is 9.92. The van der Waals surface area contributed by atoms with Gasteiger partial charge < -0.3 is 11.5 Å². The van der Waals surface area contributed by atoms with Crippen molar-refractivity contribution in [2.45, 2.75) is 0 Å². The quantitative estimate of drug-likeness (QED) is 0.240. The molecule has 0 saturated carbocycles. The van der Waals surface area contributed by atoms with E-state index in [1.165, 1.54) is 0 Å². The van der Waals surface area contributed by atoms with E-state index in [4.69, 9.17) is 11.5 Å². The van der Waals surface area contributed by atoms with Gasteiger partial charge in [-0.05, 0) is 21.5 Å². The molecule has 0 aliphatic heterocycles. The molecule has 8 heteroatoms. The molecule has 6 N–H and O–H groups in total. The second kappa shape index (κ2) is 8.63. The Morgan fingerprint density at radius 2 is 1.00 bits per heavy atom. The number of nitrogens with zero attached hydrogens (tertiary/aromatic N) is 4. The number of rotatable bonds is 4. The molecule has 0 spiro atoms. The Kier molecular flexibility index (Phi) is 5.81. The van der Waals surface area contributed by atoms with Crippen molar-refractivity contribution in [1.29, 1.82) is 0 Å². The van der Waals surface area contributed by atoms with Gasteiger partial charge in [-0.15, -0.1) is 0 Å². The number of fused-ring (bicyclic) bond motifs is 2. The van der Waals surface area contributed by atoms with E-state index in [-0.39, 0.29) is 11.9 Å². The largest absolute Gasteiger partial charge is 0.369 e. The van der Waals surface area contributed by atoms with Crippen LogP contribution in [0.25, 0.3) is 21.5 Å². The van der Waals surface area contributed by atoms with E-state index in [2.05, 4.69) is 31.0 Å². The summed E-state index contributed by atoms with van der Waals surface area (Å²) in [4.78, 5) is 7.68. The first-order chi connectivity index (χ1) is 13.7. The van der Waals surface area contributed by atoms with Gasteiger partial charge in [0.15, 0.2) is 0 Å². The van der Waals surface area contributed by atoms with Crippen molar-refractivity contribution >= 4 is 45.9 Å². The first kappa shape index (κ1) is 18.8. The number of hydrogen-bond donors (Lipinski definition) is 4. The minimum Gasteiger partial charge on any atom is -0.369 e. The number of hydrazone groups is 2. The van der Waals surface area contributed by atoms with Gasteiger partial charge in [-0.1, -0.05) is 48.5 Å². The van der Waals surface area contributed by atoms with Crippen LogP contribution in [0.4, 0.5) is 0 Å². The molecule has 0 radical (unpaired) electrons. The van der Waals surface area contributed by atoms with E-state index in [0.29, 0.717) is 0 Å². The molecule has 0 aliphatic rings. The number of aliphatic imine (C=N–C) groups is 2. The van der Waals surface area contributed by atoms with E-state index in [1.54, 1.807) is 26.5 Å². The molecular weight excluding hydrogens is 352 g/mol. The minimum absolute atomic E-state index is 0.245. The Morgan fingerprint density at radius 3 is 1.29 bits per heavy atom. The summed E-state index contributed by atoms with van der Waals surface area (Å²) in [5.41, 5.74) is 18.7. The maximum absolute atomic E-state index is 5.66. The van der Waals surface area contributed by atoms with Gasteiger partial charge in [0, 0.05) is 25.2 Å². The lowest BCUT2D eigenvalue weighted by Gasteiger charge is -2.12. The number of hydrogen-bond acceptors (Lipinski definition) is 4. The summed E-state index contributed by atoms with van der Waals surface area (Å²) in [5.74, 6) is 0.490. The molecule has 0 unspecified atom stereocenters. The molecule has 142 valence electrons. The summed E-state index contributed by atoms with van der Waals surface area (Å²) in [6.45, 7) is 0. The van der Waals surface area contributed by atoms with Gasteiger partial charge in [0.2, 0.25) is 11.9 Å². The molecule has 28 heavy (non-hydrogen) atoms. The highest BCUT2D eigenvalue weighted by Crippen LogP contribution is 2.31. The highest BCUT2D eigenvalue weighted by atomic mass is 15.3. The van der Waals surface area contributed by atoms with Crippen molar-refractivity contribution in [1.82, 2.24) is 10.9 Å². The normalized spacial score (nSPS) is 13.1. The summed E-state index contributed by atoms with van der Waals surface area (Å²) in [7, 11) is 3.20. The molecule has 0 heterocycles. The molecule has 3 rings (SSSR count). The van der Waals surface area contributed by atoms with Crippen molar-refractivity contribution in [3.05, 3.63) is 59.7 Å². The van der Waals surface area contributed by atoms with E-state index in [1.807, 2.05) is 48.5 Å². The Hall–Kier alpha value is -3.94. The highest BCUT2D eigenvalue weighted by molar-refractivity contribution is 6.21. The van der Waals surface area contributed by atoms with Gasteiger partial charge in [0.1, 0.15) is 0 Å². The molecule has 3 aromatic carbocycles. The van der Waals surface area contributed by atoms with Crippen LogP contribution in [0.15, 0.2) is 68.7 Å². The predicted octanol–water partition coefficient (Wildman–Crippen LogP) is 1.73. The third kappa shape index (κ3) is 3.90. The lowest BCUT2D eigenvalue weighted by molar-refractivity contribution is 1.01. The Labute approximate surface area is 162 Å². The van der Waals surface area contributed by atoms with E-state index in [0.717, 1.165) is 32.7 Å². The van der Waals surface area contributed by atoms with Crippen LogP contribution in [-0.2, 0) is 0 Å². The predicted molar refractivity (Wildman–Crippen MR) is 118 cm³/mol. The SMILES string of the molecule is CN=C(N)NN=Cc1c2ccccc2c(C=NNC(N)=NC)c2ccccc12. The standard InChI is InChI=1S/C20H22N8/c1-23-19(21)27-25-11-17-13-7-3-5-9-15(13)18(12-26-28-20(22)24-2)16-10-6-4-8-14(16)17/h3-12H,1-2H3,(H3,21,23,27)(H3,22,24,28). The second-order valence-corrected chi connectivity index (χ2v) is 5.88. The second-order valence-electron chi connectivity index (χ2n) is 5.88. The molecule has 0 fully saturated rings. The van der Waals surface area contributed by atoms with Crippen LogP contribution in [-0.4, -0.2) is 38.4 Å². The molecule has 8 nitrogen and oxygen atoms in total. The van der Waals surface area contributed by atoms with Crippen molar-refractivity contribution in [2.24, 2.45) is 31.7 Å². The molecule has 3 aromatic rings. The van der Waals surface area contributed by atoms with Gasteiger partial charge in [-0.2, -0.15) is 10.2 Å². The number of guanidine groups is 2. The van der Waals surface area contributed by atoms with Crippen molar-refractivity contribution in [3.8, 4) is 0 Å². The van der Waals surface area contributed by atoms with E-state index in [9.17, 15) is 0 Å². The van der Waals surface area contributed by atoms with E-state index >= 15 is 0 Å². The van der Waals surface area contributed by atoms with Gasteiger partial charge in [0.25, 0.3) is 0 Å². The van der Waals surface area contributed by atoms with Gasteiger partial charge in [-0.25, -0.2) is 10.9 Å². The van der Waals surface area contributed by atoms with Crippen LogP contribution in [0.1, 0.15) is 11.1 Å². The first-order valence-corrected chi connectivity index (χ1v) is 8.61. The van der Waals surface area contributed by atoms with E-state index < -0.39 is 0 Å². The Bertz CT molecular complexity index is 967. The molecule has 0 aromatic heterocycles. The topological polar surface area (TPSA) is 126 Å². The van der Waals surface area contributed by atoms with Crippen LogP contribution in [0.2, 0.25) is 0 Å². The van der Waals surface area contributed by atoms with Crippen LogP contribution in [0.3, 0.4) is 0 Å². The van der Waals surface area contributed by atoms with Crippen molar-refractivity contribution < 1.29 is 0 Å². The summed E-state index contributed by atoms with van der Waals surface area (Å²) < 4.78 is 0. The lowest BCUT2D eigenvalue weighted by Crippen LogP contribution is -2.27. The summed E-state index contributed by atoms with van der Waals surface area (Å²) in [6.07, 6.45) is 3.51. The molecule has 0 amide bonds. The minimum atomic E-state index is 0.245. The van der Waals surface area contributed by atoms with Gasteiger partial charge in [-0.3, -0.25) is 9.98 Å². The fourth-order valence-corrected chi connectivity index (χ4v) is 2.90. The maximum Gasteiger partial charge on any atom is 0.209 e. The monoisotopic (exact) mass is 374 g/mol. The molecule has 0 bridgehead atoms. The van der Waals surface area contributed by atoms with Crippen molar-refractivity contribution in [3.63, 3.8) is 0 Å². The number of nitrogens with one attached hydrogen (secondary N) is 2. The maximum atomic E-state index is 5.66. The average Bonchev–Trinajstić information content (AvgIpc) is 2.74. The van der Waals surface area contributed by atoms with Crippen LogP contribution in [0, 0.1) is 0 Å². The average molecular weight is 374 g/mol. The Morgan fingerprint density at radius 1 is 0.679 bits per heavy atom. The molecule has 0 aliphatic carbocycles. The summed E-state index contributed by atoms with van der Waals surface area (Å²) in [5, 5.41) is 12.6. The number of benzene rings is 3. The third-order valence-electron chi connectivity index (χ3n) is 4.24. The fourth-order valence-electron chi connectivity index (χ4n) is 2.90. The summed E-state index contributed by atoms with van der Waals surface area (Å²) in [6, 6.07) is 16.2. The van der Waals surface area contributed by atoms with Gasteiger partial charge >= 0.3 is 0 Å².